The fourth-order valence-electron chi connectivity index (χ4n) is 3.86. The normalized spacial score (nSPS) is 15.0. The second-order valence-electron chi connectivity index (χ2n) is 8.26. The molecule has 1 aromatic carbocycles. The van der Waals surface area contributed by atoms with E-state index in [1.807, 2.05) is 6.92 Å². The molecule has 0 saturated carbocycles. The van der Waals surface area contributed by atoms with E-state index in [9.17, 15) is 14.4 Å². The van der Waals surface area contributed by atoms with Crippen LogP contribution in [0.4, 0.5) is 0 Å². The molecule has 0 spiro atoms. The summed E-state index contributed by atoms with van der Waals surface area (Å²) in [7, 11) is 0. The zero-order valence-corrected chi connectivity index (χ0v) is 19.7. The van der Waals surface area contributed by atoms with Gasteiger partial charge in [0.1, 0.15) is 6.61 Å². The number of hydrogen-bond acceptors (Lipinski definition) is 5. The lowest BCUT2D eigenvalue weighted by molar-refractivity contribution is -0.145. The van der Waals surface area contributed by atoms with Crippen LogP contribution in [-0.2, 0) is 25.7 Å². The molecular formula is C28H34O5. The molecule has 0 radical (unpaired) electrons. The first-order valence-corrected chi connectivity index (χ1v) is 11.5. The lowest BCUT2D eigenvalue weighted by Crippen LogP contribution is -2.23. The largest absolute Gasteiger partial charge is 0.461 e. The van der Waals surface area contributed by atoms with E-state index in [1.54, 1.807) is 43.3 Å². The quantitative estimate of drug-likeness (QED) is 0.137. The summed E-state index contributed by atoms with van der Waals surface area (Å²) in [6.07, 6.45) is 6.37. The Morgan fingerprint density at radius 3 is 2.42 bits per heavy atom. The van der Waals surface area contributed by atoms with Crippen molar-refractivity contribution in [1.29, 1.82) is 0 Å². The Kier molecular flexibility index (Phi) is 10.8. The molecule has 0 aliphatic carbocycles. The molecule has 2 atom stereocenters. The SMILES string of the molecule is C=C=C(C)C(=O)C(CC)C(C=C)CCC(=O)OCc1ccc(C(=O)C=C2CCOCC2)cc1. The van der Waals surface area contributed by atoms with Crippen molar-refractivity contribution in [3.8, 4) is 0 Å². The van der Waals surface area contributed by atoms with E-state index in [0.717, 1.165) is 24.0 Å². The maximum atomic E-state index is 12.5. The van der Waals surface area contributed by atoms with Crippen molar-refractivity contribution in [2.45, 2.75) is 52.6 Å². The van der Waals surface area contributed by atoms with Crippen molar-refractivity contribution in [3.63, 3.8) is 0 Å². The Balaban J connectivity index is 1.85. The van der Waals surface area contributed by atoms with Crippen LogP contribution >= 0.6 is 0 Å². The number of Topliss-reactive ketones (excluding diaryl/α,β-unsaturated/α-hetero) is 1. The van der Waals surface area contributed by atoms with Gasteiger partial charge in [-0.15, -0.1) is 12.3 Å². The average molecular weight is 451 g/mol. The summed E-state index contributed by atoms with van der Waals surface area (Å²) in [6, 6.07) is 7.10. The number of hydrogen-bond donors (Lipinski definition) is 0. The number of ketones is 2. The van der Waals surface area contributed by atoms with Crippen LogP contribution in [-0.4, -0.2) is 30.7 Å². The molecule has 0 amide bonds. The Morgan fingerprint density at radius 2 is 1.85 bits per heavy atom. The van der Waals surface area contributed by atoms with Gasteiger partial charge >= 0.3 is 5.97 Å². The maximum Gasteiger partial charge on any atom is 0.306 e. The third-order valence-electron chi connectivity index (χ3n) is 6.02. The molecule has 1 heterocycles. The highest BCUT2D eigenvalue weighted by molar-refractivity contribution is 6.04. The molecule has 0 aromatic heterocycles. The molecular weight excluding hydrogens is 416 g/mol. The Labute approximate surface area is 196 Å². The van der Waals surface area contributed by atoms with Gasteiger partial charge in [0.25, 0.3) is 0 Å². The van der Waals surface area contributed by atoms with Gasteiger partial charge < -0.3 is 9.47 Å². The zero-order chi connectivity index (χ0) is 24.2. The molecule has 0 N–H and O–H groups in total. The standard InChI is InChI=1S/C28H34O5/c1-5-20(4)28(31)25(7-3)23(6-2)12-13-27(30)33-19-22-8-10-24(11-9-22)26(29)18-21-14-16-32-17-15-21/h6,8-11,18,23,25H,1-2,7,12-17,19H2,3-4H3. The summed E-state index contributed by atoms with van der Waals surface area (Å²) in [5, 5.41) is 0. The predicted octanol–water partition coefficient (Wildman–Crippen LogP) is 5.56. The van der Waals surface area contributed by atoms with E-state index in [4.69, 9.17) is 9.47 Å². The van der Waals surface area contributed by atoms with E-state index in [1.165, 1.54) is 0 Å². The molecule has 2 unspecified atom stereocenters. The number of ether oxygens (including phenoxy) is 2. The van der Waals surface area contributed by atoms with Crippen LogP contribution in [0.5, 0.6) is 0 Å². The van der Waals surface area contributed by atoms with Crippen molar-refractivity contribution in [3.05, 3.63) is 77.6 Å². The molecule has 1 saturated heterocycles. The predicted molar refractivity (Wildman–Crippen MR) is 129 cm³/mol. The van der Waals surface area contributed by atoms with Crippen LogP contribution in [0.25, 0.3) is 0 Å². The topological polar surface area (TPSA) is 69.7 Å². The van der Waals surface area contributed by atoms with E-state index < -0.39 is 0 Å². The first-order chi connectivity index (χ1) is 15.9. The molecule has 5 heteroatoms. The molecule has 1 aliphatic heterocycles. The first-order valence-electron chi connectivity index (χ1n) is 11.5. The van der Waals surface area contributed by atoms with Gasteiger partial charge in [0.15, 0.2) is 11.6 Å². The minimum absolute atomic E-state index is 0.00660. The molecule has 2 rings (SSSR count). The Bertz CT molecular complexity index is 924. The monoisotopic (exact) mass is 450 g/mol. The molecule has 1 fully saturated rings. The maximum absolute atomic E-state index is 12.5. The summed E-state index contributed by atoms with van der Waals surface area (Å²) in [5.41, 5.74) is 5.69. The highest BCUT2D eigenvalue weighted by Gasteiger charge is 2.26. The highest BCUT2D eigenvalue weighted by atomic mass is 16.5. The minimum atomic E-state index is -0.329. The molecule has 33 heavy (non-hydrogen) atoms. The summed E-state index contributed by atoms with van der Waals surface area (Å²) in [6.45, 7) is 12.5. The first kappa shape index (κ1) is 26.2. The van der Waals surface area contributed by atoms with Crippen LogP contribution in [0.3, 0.4) is 0 Å². The smallest absolute Gasteiger partial charge is 0.306 e. The summed E-state index contributed by atoms with van der Waals surface area (Å²) < 4.78 is 10.7. The van der Waals surface area contributed by atoms with Gasteiger partial charge in [0, 0.05) is 23.5 Å². The van der Waals surface area contributed by atoms with Gasteiger partial charge in [-0.2, -0.15) is 0 Å². The van der Waals surface area contributed by atoms with Gasteiger partial charge in [-0.3, -0.25) is 14.4 Å². The van der Waals surface area contributed by atoms with Crippen molar-refractivity contribution in [2.24, 2.45) is 11.8 Å². The number of carbonyl (C=O) groups is 3. The van der Waals surface area contributed by atoms with Gasteiger partial charge in [-0.05, 0) is 50.2 Å². The van der Waals surface area contributed by atoms with Gasteiger partial charge in [0.05, 0.1) is 13.2 Å². The lowest BCUT2D eigenvalue weighted by Gasteiger charge is -2.22. The van der Waals surface area contributed by atoms with Gasteiger partial charge in [-0.25, -0.2) is 0 Å². The second kappa shape index (κ2) is 13.5. The Hall–Kier alpha value is -3.01. The highest BCUT2D eigenvalue weighted by Crippen LogP contribution is 2.26. The molecule has 5 nitrogen and oxygen atoms in total. The van der Waals surface area contributed by atoms with Crippen LogP contribution in [0, 0.1) is 11.8 Å². The van der Waals surface area contributed by atoms with E-state index in [-0.39, 0.29) is 42.4 Å². The van der Waals surface area contributed by atoms with Crippen molar-refractivity contribution < 1.29 is 23.9 Å². The second-order valence-corrected chi connectivity index (χ2v) is 8.26. The van der Waals surface area contributed by atoms with Crippen LogP contribution in [0.1, 0.15) is 61.9 Å². The summed E-state index contributed by atoms with van der Waals surface area (Å²) in [5.74, 6) is -0.718. The third kappa shape index (κ3) is 8.12. The van der Waals surface area contributed by atoms with E-state index in [0.29, 0.717) is 37.2 Å². The Morgan fingerprint density at radius 1 is 1.18 bits per heavy atom. The van der Waals surface area contributed by atoms with Crippen molar-refractivity contribution in [2.75, 3.05) is 13.2 Å². The molecule has 176 valence electrons. The number of carbonyl (C=O) groups excluding carboxylic acids is 3. The number of esters is 1. The van der Waals surface area contributed by atoms with E-state index >= 15 is 0 Å². The summed E-state index contributed by atoms with van der Waals surface area (Å²) in [4.78, 5) is 37.2. The van der Waals surface area contributed by atoms with Crippen LogP contribution < -0.4 is 0 Å². The lowest BCUT2D eigenvalue weighted by atomic mass is 9.81. The molecule has 1 aliphatic rings. The number of rotatable bonds is 12. The van der Waals surface area contributed by atoms with Gasteiger partial charge in [0.2, 0.25) is 0 Å². The fraction of sp³-hybridized carbons (Fsp3) is 0.429. The molecule has 0 bridgehead atoms. The third-order valence-corrected chi connectivity index (χ3v) is 6.02. The van der Waals surface area contributed by atoms with Gasteiger partial charge in [-0.1, -0.05) is 49.4 Å². The molecule has 1 aromatic rings. The summed E-state index contributed by atoms with van der Waals surface area (Å²) >= 11 is 0. The van der Waals surface area contributed by atoms with Crippen molar-refractivity contribution >= 4 is 17.5 Å². The number of allylic oxidation sites excluding steroid dienone is 3. The average Bonchev–Trinajstić information content (AvgIpc) is 2.85. The minimum Gasteiger partial charge on any atom is -0.461 e. The number of benzene rings is 1. The van der Waals surface area contributed by atoms with Crippen LogP contribution in [0.15, 0.2) is 66.5 Å². The zero-order valence-electron chi connectivity index (χ0n) is 19.7. The van der Waals surface area contributed by atoms with Crippen LogP contribution in [0.2, 0.25) is 0 Å². The van der Waals surface area contributed by atoms with E-state index in [2.05, 4.69) is 18.9 Å². The fourth-order valence-corrected chi connectivity index (χ4v) is 3.86. The van der Waals surface area contributed by atoms with Crippen molar-refractivity contribution in [1.82, 2.24) is 0 Å².